The highest BCUT2D eigenvalue weighted by Crippen LogP contribution is 2.34. The van der Waals surface area contributed by atoms with E-state index in [1.54, 1.807) is 30.6 Å². The summed E-state index contributed by atoms with van der Waals surface area (Å²) in [5, 5.41) is 3.27. The minimum absolute atomic E-state index is 0.223. The highest BCUT2D eigenvalue weighted by atomic mass is 19.1. The maximum Gasteiger partial charge on any atom is 0.222 e. The minimum Gasteiger partial charge on any atom is -0.377 e. The normalized spacial score (nSPS) is 26.0. The number of halogens is 1. The molecule has 0 unspecified atom stereocenters. The number of nitrogens with zero attached hydrogens (tertiary/aromatic N) is 3. The highest BCUT2D eigenvalue weighted by molar-refractivity contribution is 5.47. The van der Waals surface area contributed by atoms with E-state index in [1.807, 2.05) is 6.07 Å². The topological polar surface area (TPSA) is 59.5 Å². The van der Waals surface area contributed by atoms with Crippen LogP contribution in [-0.2, 0) is 9.47 Å². The predicted octanol–water partition coefficient (Wildman–Crippen LogP) is 2.34. The van der Waals surface area contributed by atoms with Crippen LogP contribution in [0.15, 0.2) is 42.7 Å². The number of aromatic nitrogens is 2. The zero-order chi connectivity index (χ0) is 17.8. The summed E-state index contributed by atoms with van der Waals surface area (Å²) in [6, 6.07) is 8.50. The first kappa shape index (κ1) is 17.2. The van der Waals surface area contributed by atoms with Crippen LogP contribution in [0.2, 0.25) is 0 Å². The van der Waals surface area contributed by atoms with Crippen molar-refractivity contribution in [1.29, 1.82) is 0 Å². The molecule has 0 bridgehead atoms. The van der Waals surface area contributed by atoms with Crippen molar-refractivity contribution < 1.29 is 13.9 Å². The average molecular weight is 358 g/mol. The SMILES string of the molecule is Fc1cccc(N2CCOC[C@@]3(C[C@@H](CNc4ncccn4)CO3)C2)c1. The molecule has 2 aliphatic heterocycles. The number of ether oxygens (including phenoxy) is 2. The number of nitrogens with one attached hydrogen (secondary N) is 1. The maximum atomic E-state index is 13.6. The van der Waals surface area contributed by atoms with Crippen LogP contribution in [-0.4, -0.2) is 55.0 Å². The van der Waals surface area contributed by atoms with Gasteiger partial charge in [0.2, 0.25) is 5.95 Å². The van der Waals surface area contributed by atoms with E-state index >= 15 is 0 Å². The fourth-order valence-electron chi connectivity index (χ4n) is 3.71. The Balaban J connectivity index is 1.41. The van der Waals surface area contributed by atoms with Gasteiger partial charge in [-0.1, -0.05) is 6.07 Å². The molecule has 1 aromatic carbocycles. The van der Waals surface area contributed by atoms with Gasteiger partial charge in [-0.15, -0.1) is 0 Å². The molecule has 1 aromatic heterocycles. The lowest BCUT2D eigenvalue weighted by atomic mass is 9.94. The molecule has 0 radical (unpaired) electrons. The average Bonchev–Trinajstić information content (AvgIpc) is 2.94. The third-order valence-electron chi connectivity index (χ3n) is 4.92. The Hall–Kier alpha value is -2.25. The Kier molecular flexibility index (Phi) is 4.99. The van der Waals surface area contributed by atoms with Gasteiger partial charge in [0, 0.05) is 43.6 Å². The predicted molar refractivity (Wildman–Crippen MR) is 96.7 cm³/mol. The third kappa shape index (κ3) is 3.94. The van der Waals surface area contributed by atoms with Gasteiger partial charge in [-0.05, 0) is 30.7 Å². The van der Waals surface area contributed by atoms with Crippen molar-refractivity contribution in [2.24, 2.45) is 5.92 Å². The Morgan fingerprint density at radius 1 is 1.27 bits per heavy atom. The van der Waals surface area contributed by atoms with E-state index < -0.39 is 0 Å². The second-order valence-electron chi connectivity index (χ2n) is 6.97. The second-order valence-corrected chi connectivity index (χ2v) is 6.97. The highest BCUT2D eigenvalue weighted by Gasteiger charge is 2.43. The Morgan fingerprint density at radius 3 is 3.00 bits per heavy atom. The van der Waals surface area contributed by atoms with E-state index in [-0.39, 0.29) is 11.4 Å². The molecule has 1 N–H and O–H groups in total. The summed E-state index contributed by atoms with van der Waals surface area (Å²) in [6.45, 7) is 4.04. The third-order valence-corrected chi connectivity index (χ3v) is 4.92. The summed E-state index contributed by atoms with van der Waals surface area (Å²) in [5.74, 6) is 0.765. The van der Waals surface area contributed by atoms with Crippen LogP contribution in [0, 0.1) is 11.7 Å². The molecule has 3 heterocycles. The lowest BCUT2D eigenvalue weighted by molar-refractivity contribution is -0.0456. The van der Waals surface area contributed by atoms with Gasteiger partial charge in [-0.3, -0.25) is 0 Å². The van der Waals surface area contributed by atoms with Crippen molar-refractivity contribution in [2.45, 2.75) is 12.0 Å². The Labute approximate surface area is 152 Å². The minimum atomic E-state index is -0.354. The zero-order valence-corrected chi connectivity index (χ0v) is 14.6. The first-order chi connectivity index (χ1) is 12.7. The standard InChI is InChI=1S/C19H23FN4O2/c20-16-3-1-4-17(9-16)24-7-8-25-14-19(13-24)10-15(12-26-19)11-23-18-21-5-2-6-22-18/h1-6,9,15H,7-8,10-14H2,(H,21,22,23)/t15-,19+/m0/s1. The molecule has 2 aliphatic rings. The molecule has 6 nitrogen and oxygen atoms in total. The molecular formula is C19H23FN4O2. The summed E-state index contributed by atoms with van der Waals surface area (Å²) in [5.41, 5.74) is 0.518. The van der Waals surface area contributed by atoms with Crippen molar-refractivity contribution in [1.82, 2.24) is 9.97 Å². The number of rotatable bonds is 4. The van der Waals surface area contributed by atoms with E-state index in [1.165, 1.54) is 6.07 Å². The van der Waals surface area contributed by atoms with E-state index in [0.717, 1.165) is 25.2 Å². The van der Waals surface area contributed by atoms with Crippen LogP contribution >= 0.6 is 0 Å². The monoisotopic (exact) mass is 358 g/mol. The van der Waals surface area contributed by atoms with E-state index in [2.05, 4.69) is 20.2 Å². The van der Waals surface area contributed by atoms with Crippen LogP contribution in [0.5, 0.6) is 0 Å². The Morgan fingerprint density at radius 2 is 2.15 bits per heavy atom. The molecule has 0 amide bonds. The number of benzene rings is 1. The summed E-state index contributed by atoms with van der Waals surface area (Å²) in [7, 11) is 0. The summed E-state index contributed by atoms with van der Waals surface area (Å²) in [6.07, 6.45) is 4.33. The molecule has 2 atom stereocenters. The molecular weight excluding hydrogens is 335 g/mol. The van der Waals surface area contributed by atoms with Crippen LogP contribution in [0.4, 0.5) is 16.0 Å². The van der Waals surface area contributed by atoms with E-state index in [9.17, 15) is 4.39 Å². The molecule has 2 aromatic rings. The quantitative estimate of drug-likeness (QED) is 0.905. The first-order valence-electron chi connectivity index (χ1n) is 8.96. The van der Waals surface area contributed by atoms with E-state index in [0.29, 0.717) is 38.2 Å². The smallest absolute Gasteiger partial charge is 0.222 e. The van der Waals surface area contributed by atoms with Crippen LogP contribution in [0.25, 0.3) is 0 Å². The molecule has 7 heteroatoms. The van der Waals surface area contributed by atoms with Gasteiger partial charge in [-0.25, -0.2) is 14.4 Å². The molecule has 2 saturated heterocycles. The zero-order valence-electron chi connectivity index (χ0n) is 14.6. The van der Waals surface area contributed by atoms with Gasteiger partial charge in [-0.2, -0.15) is 0 Å². The van der Waals surface area contributed by atoms with Gasteiger partial charge in [0.05, 0.1) is 19.8 Å². The van der Waals surface area contributed by atoms with Crippen LogP contribution in [0.3, 0.4) is 0 Å². The van der Waals surface area contributed by atoms with Gasteiger partial charge in [0.15, 0.2) is 0 Å². The fourth-order valence-corrected chi connectivity index (χ4v) is 3.71. The van der Waals surface area contributed by atoms with Crippen molar-refractivity contribution in [3.05, 3.63) is 48.5 Å². The van der Waals surface area contributed by atoms with Crippen LogP contribution in [0.1, 0.15) is 6.42 Å². The molecule has 26 heavy (non-hydrogen) atoms. The Bertz CT molecular complexity index is 732. The van der Waals surface area contributed by atoms with Gasteiger partial charge < -0.3 is 19.7 Å². The molecule has 1 spiro atoms. The van der Waals surface area contributed by atoms with Gasteiger partial charge in [0.1, 0.15) is 11.4 Å². The van der Waals surface area contributed by atoms with Crippen molar-refractivity contribution in [3.63, 3.8) is 0 Å². The molecule has 2 fully saturated rings. The molecule has 0 aliphatic carbocycles. The van der Waals surface area contributed by atoms with Crippen molar-refractivity contribution in [3.8, 4) is 0 Å². The number of anilines is 2. The molecule has 4 rings (SSSR count). The summed E-state index contributed by atoms with van der Waals surface area (Å²) < 4.78 is 25.6. The fraction of sp³-hybridized carbons (Fsp3) is 0.474. The summed E-state index contributed by atoms with van der Waals surface area (Å²) in [4.78, 5) is 10.5. The van der Waals surface area contributed by atoms with Gasteiger partial charge >= 0.3 is 0 Å². The lowest BCUT2D eigenvalue weighted by Crippen LogP contribution is -2.44. The lowest BCUT2D eigenvalue weighted by Gasteiger charge is -2.32. The number of hydrogen-bond donors (Lipinski definition) is 1. The van der Waals surface area contributed by atoms with Crippen molar-refractivity contribution in [2.75, 3.05) is 49.7 Å². The molecule has 0 saturated carbocycles. The van der Waals surface area contributed by atoms with Gasteiger partial charge in [0.25, 0.3) is 0 Å². The van der Waals surface area contributed by atoms with E-state index in [4.69, 9.17) is 9.47 Å². The second kappa shape index (κ2) is 7.55. The van der Waals surface area contributed by atoms with Crippen molar-refractivity contribution >= 4 is 11.6 Å². The molecule has 138 valence electrons. The summed E-state index contributed by atoms with van der Waals surface area (Å²) >= 11 is 0. The van der Waals surface area contributed by atoms with Crippen LogP contribution < -0.4 is 10.2 Å². The first-order valence-corrected chi connectivity index (χ1v) is 8.96. The number of hydrogen-bond acceptors (Lipinski definition) is 6. The largest absolute Gasteiger partial charge is 0.377 e. The maximum absolute atomic E-state index is 13.6.